The lowest BCUT2D eigenvalue weighted by Crippen LogP contribution is -2.20. The fourth-order valence-electron chi connectivity index (χ4n) is 2.75. The predicted octanol–water partition coefficient (Wildman–Crippen LogP) is 3.77. The summed E-state index contributed by atoms with van der Waals surface area (Å²) in [6.45, 7) is 3.67. The first kappa shape index (κ1) is 16.1. The van der Waals surface area contributed by atoms with E-state index in [1.807, 2.05) is 13.8 Å². The molecule has 1 fully saturated rings. The second-order valence-electron chi connectivity index (χ2n) is 6.02. The number of aliphatic carboxylic acids is 1. The van der Waals surface area contributed by atoms with Crippen molar-refractivity contribution in [1.29, 1.82) is 5.26 Å². The molecule has 3 rings (SSSR count). The third-order valence-corrected chi connectivity index (χ3v) is 4.25. The number of carboxylic acid groups (broad SMARTS) is 1. The lowest BCUT2D eigenvalue weighted by Gasteiger charge is -2.12. The molecule has 0 saturated heterocycles. The zero-order valence-electron chi connectivity index (χ0n) is 13.7. The molecular weight excluding hydrogens is 306 g/mol. The Kier molecular flexibility index (Phi) is 4.26. The van der Waals surface area contributed by atoms with Crippen molar-refractivity contribution in [3.05, 3.63) is 41.2 Å². The number of rotatable bonds is 6. The fourth-order valence-corrected chi connectivity index (χ4v) is 2.75. The van der Waals surface area contributed by atoms with Gasteiger partial charge >= 0.3 is 5.97 Å². The van der Waals surface area contributed by atoms with Crippen LogP contribution in [0.1, 0.15) is 55.1 Å². The van der Waals surface area contributed by atoms with Crippen LogP contribution in [-0.4, -0.2) is 20.9 Å². The molecule has 1 unspecified atom stereocenters. The molecule has 0 spiro atoms. The van der Waals surface area contributed by atoms with Crippen molar-refractivity contribution in [2.24, 2.45) is 0 Å². The van der Waals surface area contributed by atoms with Crippen molar-refractivity contribution in [3.8, 4) is 17.6 Å². The first-order valence-corrected chi connectivity index (χ1v) is 8.05. The molecule has 1 aliphatic rings. The van der Waals surface area contributed by atoms with Crippen LogP contribution in [0, 0.1) is 18.3 Å². The number of benzene rings is 1. The monoisotopic (exact) mass is 325 g/mol. The quantitative estimate of drug-likeness (QED) is 0.873. The highest BCUT2D eigenvalue weighted by atomic mass is 16.5. The first-order chi connectivity index (χ1) is 11.5. The topological polar surface area (TPSA) is 88.1 Å². The van der Waals surface area contributed by atoms with Crippen LogP contribution in [-0.2, 0) is 4.79 Å². The van der Waals surface area contributed by atoms with E-state index in [1.54, 1.807) is 28.9 Å². The van der Waals surface area contributed by atoms with Gasteiger partial charge in [-0.25, -0.2) is 4.79 Å². The van der Waals surface area contributed by atoms with Crippen LogP contribution in [0.5, 0.6) is 11.5 Å². The zero-order chi connectivity index (χ0) is 17.3. The highest BCUT2D eigenvalue weighted by molar-refractivity contribution is 5.72. The van der Waals surface area contributed by atoms with Gasteiger partial charge in [0.05, 0.1) is 17.3 Å². The Bertz CT molecular complexity index is 798. The molecule has 1 heterocycles. The Labute approximate surface area is 140 Å². The van der Waals surface area contributed by atoms with Gasteiger partial charge in [0.15, 0.2) is 5.75 Å². The summed E-state index contributed by atoms with van der Waals surface area (Å²) >= 11 is 0. The first-order valence-electron chi connectivity index (χ1n) is 8.05. The van der Waals surface area contributed by atoms with Crippen molar-refractivity contribution in [3.63, 3.8) is 0 Å². The van der Waals surface area contributed by atoms with E-state index in [4.69, 9.17) is 10.00 Å². The van der Waals surface area contributed by atoms with Crippen LogP contribution in [0.3, 0.4) is 0 Å². The second-order valence-corrected chi connectivity index (χ2v) is 6.02. The Morgan fingerprint density at radius 2 is 2.12 bits per heavy atom. The summed E-state index contributed by atoms with van der Waals surface area (Å²) in [5.41, 5.74) is 2.11. The number of hydrogen-bond acceptors (Lipinski definition) is 4. The number of carbonyl (C=O) groups is 1. The molecule has 1 aromatic heterocycles. The molecule has 6 nitrogen and oxygen atoms in total. The van der Waals surface area contributed by atoms with Crippen molar-refractivity contribution in [2.45, 2.75) is 45.1 Å². The number of nitriles is 1. The minimum atomic E-state index is -0.893. The number of hydrogen-bond donors (Lipinski definition) is 1. The third kappa shape index (κ3) is 2.98. The van der Waals surface area contributed by atoms with Gasteiger partial charge in [-0.05, 0) is 50.5 Å². The molecule has 0 bridgehead atoms. The van der Waals surface area contributed by atoms with Crippen molar-refractivity contribution < 1.29 is 14.6 Å². The second kappa shape index (κ2) is 6.36. The van der Waals surface area contributed by atoms with Crippen molar-refractivity contribution in [2.75, 3.05) is 0 Å². The normalized spacial score (nSPS) is 14.9. The van der Waals surface area contributed by atoms with E-state index in [0.29, 0.717) is 29.4 Å². The summed E-state index contributed by atoms with van der Waals surface area (Å²) < 4.78 is 7.57. The third-order valence-electron chi connectivity index (χ3n) is 4.25. The molecule has 0 radical (unpaired) electrons. The van der Waals surface area contributed by atoms with Gasteiger partial charge in [0.2, 0.25) is 0 Å². The highest BCUT2D eigenvalue weighted by Crippen LogP contribution is 2.46. The van der Waals surface area contributed by atoms with Gasteiger partial charge < -0.3 is 9.84 Å². The number of carboxylic acids is 1. The molecule has 124 valence electrons. The maximum absolute atomic E-state index is 11.5. The van der Waals surface area contributed by atoms with Gasteiger partial charge in [0, 0.05) is 5.92 Å². The Balaban J connectivity index is 1.98. The Morgan fingerprint density at radius 3 is 2.62 bits per heavy atom. The smallest absolute Gasteiger partial charge is 0.328 e. The summed E-state index contributed by atoms with van der Waals surface area (Å²) in [5.74, 6) is 0.698. The van der Waals surface area contributed by atoms with Crippen molar-refractivity contribution in [1.82, 2.24) is 9.78 Å². The molecule has 1 aromatic carbocycles. The highest BCUT2D eigenvalue weighted by Gasteiger charge is 2.34. The molecule has 0 aliphatic heterocycles. The van der Waals surface area contributed by atoms with E-state index in [2.05, 4.69) is 11.2 Å². The molecule has 24 heavy (non-hydrogen) atoms. The largest absolute Gasteiger partial charge is 0.480 e. The number of aromatic nitrogens is 2. The average molecular weight is 325 g/mol. The summed E-state index contributed by atoms with van der Waals surface area (Å²) in [4.78, 5) is 11.5. The average Bonchev–Trinajstić information content (AvgIpc) is 3.37. The lowest BCUT2D eigenvalue weighted by molar-refractivity contribution is -0.141. The molecule has 2 aromatic rings. The van der Waals surface area contributed by atoms with Crippen LogP contribution in [0.2, 0.25) is 0 Å². The summed E-state index contributed by atoms with van der Waals surface area (Å²) in [6, 6.07) is 8.24. The SMILES string of the molecule is CCC(C(=O)O)n1nc(C2CC2)c(Oc2ccc(C#N)cc2)c1C. The van der Waals surface area contributed by atoms with E-state index in [9.17, 15) is 9.90 Å². The molecule has 1 N–H and O–H groups in total. The molecule has 1 saturated carbocycles. The Hall–Kier alpha value is -2.81. The van der Waals surface area contributed by atoms with Gasteiger partial charge in [-0.15, -0.1) is 0 Å². The molecule has 0 amide bonds. The van der Waals surface area contributed by atoms with E-state index in [1.165, 1.54) is 0 Å². The maximum Gasteiger partial charge on any atom is 0.328 e. The Morgan fingerprint density at radius 1 is 1.46 bits per heavy atom. The summed E-state index contributed by atoms with van der Waals surface area (Å²) in [6.07, 6.45) is 2.55. The van der Waals surface area contributed by atoms with Gasteiger partial charge in [0.1, 0.15) is 17.5 Å². The summed E-state index contributed by atoms with van der Waals surface area (Å²) in [7, 11) is 0. The minimum Gasteiger partial charge on any atom is -0.480 e. The van der Waals surface area contributed by atoms with Gasteiger partial charge in [-0.1, -0.05) is 6.92 Å². The van der Waals surface area contributed by atoms with E-state index >= 15 is 0 Å². The van der Waals surface area contributed by atoms with E-state index < -0.39 is 12.0 Å². The van der Waals surface area contributed by atoms with Gasteiger partial charge in [-0.2, -0.15) is 10.4 Å². The van der Waals surface area contributed by atoms with Crippen LogP contribution in [0.4, 0.5) is 0 Å². The maximum atomic E-state index is 11.5. The zero-order valence-corrected chi connectivity index (χ0v) is 13.7. The molecule has 1 atom stereocenters. The number of nitrogens with zero attached hydrogens (tertiary/aromatic N) is 3. The molecular formula is C18H19N3O3. The van der Waals surface area contributed by atoms with Crippen LogP contribution in [0.25, 0.3) is 0 Å². The predicted molar refractivity (Wildman–Crippen MR) is 87.1 cm³/mol. The van der Waals surface area contributed by atoms with Crippen LogP contribution >= 0.6 is 0 Å². The summed E-state index contributed by atoms with van der Waals surface area (Å²) in [5, 5.41) is 22.8. The van der Waals surface area contributed by atoms with E-state index in [0.717, 1.165) is 24.2 Å². The van der Waals surface area contributed by atoms with E-state index in [-0.39, 0.29) is 0 Å². The molecule has 6 heteroatoms. The molecule has 1 aliphatic carbocycles. The lowest BCUT2D eigenvalue weighted by atomic mass is 10.2. The fraction of sp³-hybridized carbons (Fsp3) is 0.389. The van der Waals surface area contributed by atoms with Gasteiger partial charge in [-0.3, -0.25) is 4.68 Å². The minimum absolute atomic E-state index is 0.338. The van der Waals surface area contributed by atoms with Crippen LogP contribution in [0.15, 0.2) is 24.3 Å². The van der Waals surface area contributed by atoms with Gasteiger partial charge in [0.25, 0.3) is 0 Å². The van der Waals surface area contributed by atoms with Crippen LogP contribution < -0.4 is 4.74 Å². The standard InChI is InChI=1S/C18H19N3O3/c1-3-15(18(22)23)21-11(2)17(16(20-21)13-6-7-13)24-14-8-4-12(10-19)5-9-14/h4-5,8-9,13,15H,3,6-7H2,1-2H3,(H,22,23). The number of ether oxygens (including phenoxy) is 1. The van der Waals surface area contributed by atoms with Crippen molar-refractivity contribution >= 4 is 5.97 Å².